The summed E-state index contributed by atoms with van der Waals surface area (Å²) in [5.74, 6) is -5.14. The van der Waals surface area contributed by atoms with Crippen molar-refractivity contribution < 1.29 is 28.5 Å². The van der Waals surface area contributed by atoms with Crippen molar-refractivity contribution in [2.45, 2.75) is 64.6 Å². The van der Waals surface area contributed by atoms with E-state index >= 15 is 4.48 Å². The Kier molecular flexibility index (Phi) is 10.5. The van der Waals surface area contributed by atoms with Crippen LogP contribution in [0, 0.1) is 5.92 Å². The van der Waals surface area contributed by atoms with Crippen LogP contribution in [-0.4, -0.2) is 57.8 Å². The Hall–Kier alpha value is -4.22. The Labute approximate surface area is 220 Å². The fraction of sp³-hybridized carbons (Fsp3) is 0.423. The number of nitrogens with one attached hydrogen (secondary N) is 3. The normalized spacial score (nSPS) is 14.1. The number of para-hydroxylation sites is 1. The number of halogens is 1. The molecule has 2 aromatic rings. The van der Waals surface area contributed by atoms with E-state index in [0.29, 0.717) is 11.1 Å². The van der Waals surface area contributed by atoms with Crippen LogP contribution in [0.1, 0.15) is 45.6 Å². The number of aromatic nitrogens is 1. The number of aromatic amines is 1. The fourth-order valence-corrected chi connectivity index (χ4v) is 4.06. The summed E-state index contributed by atoms with van der Waals surface area (Å²) in [5, 5.41) is 5.67. The summed E-state index contributed by atoms with van der Waals surface area (Å²) in [6.07, 6.45) is 0.916. The van der Waals surface area contributed by atoms with Gasteiger partial charge in [0.2, 0.25) is 23.6 Å². The van der Waals surface area contributed by atoms with Crippen molar-refractivity contribution in [1.29, 1.82) is 0 Å². The number of benzene rings is 1. The number of hydrogen-bond acceptors (Lipinski definition) is 5. The highest BCUT2D eigenvalue weighted by Gasteiger charge is 2.33. The molecule has 11 nitrogen and oxygen atoms in total. The molecule has 0 spiro atoms. The standard InChI is InChI=1S/C26H35FN6O5/c1-14(2)9-16(4)33(27)26(38)21(11-17-13-30-19-8-6-5-7-18(17)19)32-25(37)20(12-23(29)35)31-24(36)15(3)10-22(28)34/h5-8,13,15-16,20-21,30H,1,9-12H2,2-4H3,(H2,28,34)(H2,29,35)(H,31,36)(H,32,37). The van der Waals surface area contributed by atoms with Crippen LogP contribution < -0.4 is 22.1 Å². The quantitative estimate of drug-likeness (QED) is 0.181. The summed E-state index contributed by atoms with van der Waals surface area (Å²) in [5.41, 5.74) is 12.5. The van der Waals surface area contributed by atoms with Gasteiger partial charge in [-0.05, 0) is 31.9 Å². The Bertz CT molecular complexity index is 1210. The minimum absolute atomic E-state index is 0.0467. The van der Waals surface area contributed by atoms with Gasteiger partial charge in [-0.25, -0.2) is 0 Å². The largest absolute Gasteiger partial charge is 0.370 e. The lowest BCUT2D eigenvalue weighted by atomic mass is 10.0. The molecule has 7 N–H and O–H groups in total. The third kappa shape index (κ3) is 8.43. The van der Waals surface area contributed by atoms with E-state index in [1.54, 1.807) is 19.2 Å². The Morgan fingerprint density at radius 2 is 1.58 bits per heavy atom. The number of hydrogen-bond donors (Lipinski definition) is 5. The summed E-state index contributed by atoms with van der Waals surface area (Å²) < 4.78 is 15.1. The number of rotatable bonds is 14. The molecule has 1 heterocycles. The van der Waals surface area contributed by atoms with E-state index in [2.05, 4.69) is 22.2 Å². The summed E-state index contributed by atoms with van der Waals surface area (Å²) in [4.78, 5) is 64.8. The maximum Gasteiger partial charge on any atom is 0.273 e. The Morgan fingerprint density at radius 3 is 2.18 bits per heavy atom. The summed E-state index contributed by atoms with van der Waals surface area (Å²) in [7, 11) is 0. The van der Waals surface area contributed by atoms with Crippen LogP contribution in [0.25, 0.3) is 10.9 Å². The SMILES string of the molecule is C=C(C)CC(C)N(F)C(=O)C(Cc1c[nH]c2ccccc12)NC(=O)C(CC(N)=O)NC(=O)C(C)CC(N)=O. The zero-order valence-electron chi connectivity index (χ0n) is 21.8. The molecule has 206 valence electrons. The third-order valence-electron chi connectivity index (χ3n) is 5.95. The van der Waals surface area contributed by atoms with Gasteiger partial charge in [0.1, 0.15) is 12.1 Å². The van der Waals surface area contributed by atoms with Gasteiger partial charge in [0.15, 0.2) is 0 Å². The molecule has 0 bridgehead atoms. The molecular formula is C26H35FN6O5. The van der Waals surface area contributed by atoms with Gasteiger partial charge in [-0.1, -0.05) is 35.2 Å². The first-order valence-corrected chi connectivity index (χ1v) is 12.2. The van der Waals surface area contributed by atoms with E-state index in [1.807, 2.05) is 18.2 Å². The maximum absolute atomic E-state index is 15.1. The van der Waals surface area contributed by atoms with Crippen LogP contribution in [-0.2, 0) is 30.4 Å². The van der Waals surface area contributed by atoms with Gasteiger partial charge < -0.3 is 27.1 Å². The molecule has 4 unspecified atom stereocenters. The first kappa shape index (κ1) is 30.0. The second-order valence-electron chi connectivity index (χ2n) is 9.59. The second-order valence-corrected chi connectivity index (χ2v) is 9.59. The highest BCUT2D eigenvalue weighted by molar-refractivity contribution is 5.96. The highest BCUT2D eigenvalue weighted by Crippen LogP contribution is 2.21. The molecule has 38 heavy (non-hydrogen) atoms. The molecule has 0 aliphatic carbocycles. The van der Waals surface area contributed by atoms with Gasteiger partial charge >= 0.3 is 0 Å². The second kappa shape index (κ2) is 13.4. The summed E-state index contributed by atoms with van der Waals surface area (Å²) >= 11 is 0. The zero-order chi connectivity index (χ0) is 28.6. The number of carbonyl (C=O) groups is 5. The average Bonchev–Trinajstić information content (AvgIpc) is 3.23. The van der Waals surface area contributed by atoms with Gasteiger partial charge in [0, 0.05) is 35.9 Å². The minimum atomic E-state index is -1.46. The van der Waals surface area contributed by atoms with Crippen molar-refractivity contribution in [3.63, 3.8) is 0 Å². The van der Waals surface area contributed by atoms with Crippen molar-refractivity contribution in [3.05, 3.63) is 48.2 Å². The van der Waals surface area contributed by atoms with E-state index in [-0.39, 0.29) is 24.4 Å². The predicted molar refractivity (Wildman–Crippen MR) is 139 cm³/mol. The molecule has 0 aliphatic rings. The van der Waals surface area contributed by atoms with Gasteiger partial charge in [-0.2, -0.15) is 5.12 Å². The molecule has 2 rings (SSSR count). The number of amides is 5. The molecule has 4 atom stereocenters. The fourth-order valence-electron chi connectivity index (χ4n) is 4.06. The monoisotopic (exact) mass is 530 g/mol. The number of fused-ring (bicyclic) bond motifs is 1. The van der Waals surface area contributed by atoms with Crippen LogP contribution in [0.15, 0.2) is 42.6 Å². The molecule has 12 heteroatoms. The van der Waals surface area contributed by atoms with Gasteiger partial charge in [-0.15, -0.1) is 6.58 Å². The lowest BCUT2D eigenvalue weighted by Crippen LogP contribution is -2.56. The summed E-state index contributed by atoms with van der Waals surface area (Å²) in [6, 6.07) is 3.58. The first-order chi connectivity index (χ1) is 17.8. The number of H-pyrrole nitrogens is 1. The van der Waals surface area contributed by atoms with Gasteiger partial charge in [0.05, 0.1) is 12.5 Å². The van der Waals surface area contributed by atoms with E-state index in [1.165, 1.54) is 13.8 Å². The van der Waals surface area contributed by atoms with Crippen molar-refractivity contribution in [3.8, 4) is 0 Å². The topological polar surface area (TPSA) is 180 Å². The molecule has 5 amide bonds. The van der Waals surface area contributed by atoms with Crippen molar-refractivity contribution in [1.82, 2.24) is 20.7 Å². The molecule has 0 radical (unpaired) electrons. The van der Waals surface area contributed by atoms with E-state index < -0.39 is 60.0 Å². The molecule has 0 aliphatic heterocycles. The Balaban J connectivity index is 2.33. The number of carbonyl (C=O) groups excluding carboxylic acids is 5. The zero-order valence-corrected chi connectivity index (χ0v) is 21.8. The number of nitrogens with zero attached hydrogens (tertiary/aromatic N) is 1. The van der Waals surface area contributed by atoms with E-state index in [0.717, 1.165) is 10.9 Å². The molecule has 1 aromatic heterocycles. The van der Waals surface area contributed by atoms with Crippen LogP contribution in [0.4, 0.5) is 4.48 Å². The first-order valence-electron chi connectivity index (χ1n) is 12.2. The highest BCUT2D eigenvalue weighted by atomic mass is 19.2. The lowest BCUT2D eigenvalue weighted by Gasteiger charge is -2.27. The van der Waals surface area contributed by atoms with Crippen LogP contribution >= 0.6 is 0 Å². The van der Waals surface area contributed by atoms with Gasteiger partial charge in [-0.3, -0.25) is 24.0 Å². The van der Waals surface area contributed by atoms with Crippen molar-refractivity contribution >= 4 is 40.4 Å². The molecule has 0 saturated carbocycles. The lowest BCUT2D eigenvalue weighted by molar-refractivity contribution is -0.155. The molecule has 1 aromatic carbocycles. The smallest absolute Gasteiger partial charge is 0.273 e. The minimum Gasteiger partial charge on any atom is -0.370 e. The number of nitrogens with two attached hydrogens (primary N) is 2. The van der Waals surface area contributed by atoms with Gasteiger partial charge in [0.25, 0.3) is 5.91 Å². The molecule has 0 saturated heterocycles. The average molecular weight is 531 g/mol. The van der Waals surface area contributed by atoms with Crippen LogP contribution in [0.2, 0.25) is 0 Å². The third-order valence-corrected chi connectivity index (χ3v) is 5.95. The van der Waals surface area contributed by atoms with Crippen LogP contribution in [0.3, 0.4) is 0 Å². The molecule has 0 fully saturated rings. The van der Waals surface area contributed by atoms with Crippen molar-refractivity contribution in [2.75, 3.05) is 0 Å². The van der Waals surface area contributed by atoms with E-state index in [9.17, 15) is 24.0 Å². The van der Waals surface area contributed by atoms with Crippen molar-refractivity contribution in [2.24, 2.45) is 17.4 Å². The summed E-state index contributed by atoms with van der Waals surface area (Å²) in [6.45, 7) is 8.38. The van der Waals surface area contributed by atoms with Crippen LogP contribution in [0.5, 0.6) is 0 Å². The Morgan fingerprint density at radius 1 is 0.974 bits per heavy atom. The number of primary amides is 2. The predicted octanol–water partition coefficient (Wildman–Crippen LogP) is 1.13. The maximum atomic E-state index is 15.1. The molecular weight excluding hydrogens is 495 g/mol. The van der Waals surface area contributed by atoms with E-state index in [4.69, 9.17) is 11.5 Å².